The molecule has 0 radical (unpaired) electrons. The number of benzene rings is 2. The highest BCUT2D eigenvalue weighted by molar-refractivity contribution is 7.22. The minimum absolute atomic E-state index is 0.00141. The summed E-state index contributed by atoms with van der Waals surface area (Å²) in [5.74, 6) is -2.41. The Hall–Kier alpha value is -4.18. The monoisotopic (exact) mass is 705 g/mol. The van der Waals surface area contributed by atoms with Gasteiger partial charge in [-0.1, -0.05) is 17.9 Å². The second-order valence-electron chi connectivity index (χ2n) is 13.1. The van der Waals surface area contributed by atoms with Crippen LogP contribution < -0.4 is 15.4 Å². The van der Waals surface area contributed by atoms with Gasteiger partial charge in [-0.15, -0.1) is 0 Å². The second-order valence-corrected chi connectivity index (χ2v) is 14.1. The van der Waals surface area contributed by atoms with Gasteiger partial charge in [0.25, 0.3) is 0 Å². The smallest absolute Gasteiger partial charge is 0.417 e. The Bertz CT molecular complexity index is 1980. The Labute approximate surface area is 281 Å². The molecule has 0 saturated carbocycles. The maximum absolute atomic E-state index is 16.9. The molecule has 2 aromatic heterocycles. The summed E-state index contributed by atoms with van der Waals surface area (Å²) in [7, 11) is 0. The summed E-state index contributed by atoms with van der Waals surface area (Å²) in [6.07, 6.45) is -3.15. The van der Waals surface area contributed by atoms with E-state index in [4.69, 9.17) is 10.5 Å². The normalized spacial score (nSPS) is 24.6. The first kappa shape index (κ1) is 33.3. The van der Waals surface area contributed by atoms with E-state index in [1.165, 1.54) is 6.08 Å². The molecule has 49 heavy (non-hydrogen) atoms. The number of aromatic nitrogens is 3. The first-order valence-corrected chi connectivity index (χ1v) is 16.7. The van der Waals surface area contributed by atoms with Crippen molar-refractivity contribution < 1.29 is 35.9 Å². The van der Waals surface area contributed by atoms with Crippen LogP contribution >= 0.6 is 11.3 Å². The van der Waals surface area contributed by atoms with E-state index in [0.29, 0.717) is 13.0 Å². The van der Waals surface area contributed by atoms with Crippen LogP contribution in [0.3, 0.4) is 0 Å². The predicted molar refractivity (Wildman–Crippen MR) is 174 cm³/mol. The summed E-state index contributed by atoms with van der Waals surface area (Å²) in [5.41, 5.74) is 2.01. The van der Waals surface area contributed by atoms with Gasteiger partial charge in [0.2, 0.25) is 5.91 Å². The van der Waals surface area contributed by atoms with E-state index in [9.17, 15) is 26.7 Å². The van der Waals surface area contributed by atoms with Crippen LogP contribution in [0.5, 0.6) is 6.01 Å². The third-order valence-corrected chi connectivity index (χ3v) is 10.7. The lowest BCUT2D eigenvalue weighted by atomic mass is 9.94. The Kier molecular flexibility index (Phi) is 8.16. The molecule has 3 aliphatic rings. The van der Waals surface area contributed by atoms with E-state index in [2.05, 4.69) is 21.5 Å². The second kappa shape index (κ2) is 12.0. The molecular formula is C33H33F6N7O2S. The predicted octanol–water partition coefficient (Wildman–Crippen LogP) is 6.35. The number of hydrogen-bond donors (Lipinski definition) is 1. The van der Waals surface area contributed by atoms with Crippen molar-refractivity contribution in [1.82, 2.24) is 24.8 Å². The van der Waals surface area contributed by atoms with Crippen molar-refractivity contribution in [3.05, 3.63) is 48.1 Å². The molecule has 3 aliphatic heterocycles. The van der Waals surface area contributed by atoms with Gasteiger partial charge in [-0.3, -0.25) is 9.69 Å². The van der Waals surface area contributed by atoms with Crippen molar-refractivity contribution in [1.29, 1.82) is 0 Å². The summed E-state index contributed by atoms with van der Waals surface area (Å²) in [6.45, 7) is 8.40. The third kappa shape index (κ3) is 5.62. The number of hydrogen-bond acceptors (Lipinski definition) is 9. The van der Waals surface area contributed by atoms with Crippen LogP contribution in [0.4, 0.5) is 37.3 Å². The van der Waals surface area contributed by atoms with Gasteiger partial charge in [0.15, 0.2) is 10.9 Å². The Morgan fingerprint density at radius 3 is 2.57 bits per heavy atom. The molecule has 5 heterocycles. The number of nitrogens with two attached hydrogens (primary N) is 1. The average Bonchev–Trinajstić information content (AvgIpc) is 3.71. The molecule has 260 valence electrons. The number of nitrogens with zero attached hydrogens (tertiary/aromatic N) is 6. The minimum atomic E-state index is -5.06. The number of rotatable bonds is 6. The van der Waals surface area contributed by atoms with Crippen LogP contribution in [0.15, 0.2) is 30.9 Å². The van der Waals surface area contributed by atoms with Gasteiger partial charge >= 0.3 is 12.2 Å². The molecule has 4 aromatic rings. The quantitative estimate of drug-likeness (QED) is 0.183. The SMILES string of the molecule is C=CC(=O)N1C(C)CN(c2nc(OCC34CCCN3CC(F)C4)nc3c(F)c(-c4ccc(F)c5sc(N)nc45)c(C(F)(F)F)cc23)CC1C. The van der Waals surface area contributed by atoms with Gasteiger partial charge in [0.05, 0.1) is 21.3 Å². The number of carbonyl (C=O) groups is 1. The number of nitrogen functional groups attached to an aromatic ring is 1. The van der Waals surface area contributed by atoms with E-state index in [1.54, 1.807) is 23.6 Å². The van der Waals surface area contributed by atoms with Crippen molar-refractivity contribution in [2.75, 3.05) is 43.4 Å². The first-order valence-electron chi connectivity index (χ1n) is 15.9. The van der Waals surface area contributed by atoms with Crippen LogP contribution in [-0.4, -0.2) is 87.2 Å². The van der Waals surface area contributed by atoms with Crippen molar-refractivity contribution in [2.45, 2.75) is 63.1 Å². The molecule has 2 N–H and O–H groups in total. The summed E-state index contributed by atoms with van der Waals surface area (Å²) >= 11 is 0.735. The van der Waals surface area contributed by atoms with Crippen molar-refractivity contribution in [3.8, 4) is 17.1 Å². The molecule has 4 atom stereocenters. The number of thiazole rings is 1. The summed E-state index contributed by atoms with van der Waals surface area (Å²) in [5, 5.41) is -0.332. The number of amides is 1. The molecule has 1 amide bonds. The van der Waals surface area contributed by atoms with Crippen molar-refractivity contribution in [3.63, 3.8) is 0 Å². The molecule has 2 aromatic carbocycles. The zero-order chi connectivity index (χ0) is 35.0. The minimum Gasteiger partial charge on any atom is -0.461 e. The molecule has 0 aliphatic carbocycles. The lowest BCUT2D eigenvalue weighted by Gasteiger charge is -2.44. The lowest BCUT2D eigenvalue weighted by molar-refractivity contribution is -0.137. The van der Waals surface area contributed by atoms with E-state index in [1.807, 2.05) is 4.90 Å². The van der Waals surface area contributed by atoms with E-state index in [-0.39, 0.29) is 76.7 Å². The first-order chi connectivity index (χ1) is 23.2. The molecule has 7 rings (SSSR count). The number of fused-ring (bicyclic) bond motifs is 3. The molecular weight excluding hydrogens is 672 g/mol. The maximum Gasteiger partial charge on any atom is 0.417 e. The standard InChI is InChI=1S/C33H33F6N7O2S/c1-4-23(47)46-16(2)12-44(13-17(46)3)29-20-10-21(33(37,38)39)24(19-6-7-22(35)28-27(19)41-30(40)49-28)25(36)26(20)42-31(43-29)48-15-32-8-5-9-45(32)14-18(34)11-32/h4,6-7,10,16-18H,1,5,8-9,11-15H2,2-3H3,(H2,40,41). The molecule has 3 saturated heterocycles. The number of piperazine rings is 1. The zero-order valence-electron chi connectivity index (χ0n) is 26.7. The summed E-state index contributed by atoms with van der Waals surface area (Å²) in [4.78, 5) is 30.8. The summed E-state index contributed by atoms with van der Waals surface area (Å²) in [6, 6.07) is 1.65. The van der Waals surface area contributed by atoms with Crippen LogP contribution in [0, 0.1) is 11.6 Å². The van der Waals surface area contributed by atoms with Gasteiger partial charge in [-0.2, -0.15) is 23.1 Å². The fourth-order valence-corrected chi connectivity index (χ4v) is 8.62. The molecule has 16 heteroatoms. The highest BCUT2D eigenvalue weighted by atomic mass is 32.1. The number of carbonyl (C=O) groups excluding carboxylic acids is 1. The van der Waals surface area contributed by atoms with Gasteiger partial charge in [0.1, 0.15) is 29.9 Å². The van der Waals surface area contributed by atoms with Gasteiger partial charge in [-0.05, 0) is 57.5 Å². The largest absolute Gasteiger partial charge is 0.461 e. The number of halogens is 6. The van der Waals surface area contributed by atoms with E-state index in [0.717, 1.165) is 36.0 Å². The number of ether oxygens (including phenoxy) is 1. The van der Waals surface area contributed by atoms with Crippen LogP contribution in [0.1, 0.15) is 38.7 Å². The Morgan fingerprint density at radius 1 is 1.14 bits per heavy atom. The fourth-order valence-electron chi connectivity index (χ4n) is 7.86. The highest BCUT2D eigenvalue weighted by Crippen LogP contribution is 2.46. The molecule has 4 unspecified atom stereocenters. The Balaban J connectivity index is 1.42. The van der Waals surface area contributed by atoms with Crippen molar-refractivity contribution >= 4 is 49.3 Å². The van der Waals surface area contributed by atoms with Crippen LogP contribution in [0.25, 0.3) is 32.2 Å². The molecule has 0 bridgehead atoms. The fraction of sp³-hybridized carbons (Fsp3) is 0.455. The van der Waals surface area contributed by atoms with Gasteiger partial charge in [0, 0.05) is 54.7 Å². The zero-order valence-corrected chi connectivity index (χ0v) is 27.5. The molecule has 3 fully saturated rings. The van der Waals surface area contributed by atoms with E-state index < -0.39 is 58.2 Å². The number of alkyl halides is 4. The lowest BCUT2D eigenvalue weighted by Crippen LogP contribution is -2.58. The molecule has 0 spiro atoms. The Morgan fingerprint density at radius 2 is 1.88 bits per heavy atom. The number of anilines is 2. The topological polar surface area (TPSA) is 101 Å². The highest BCUT2D eigenvalue weighted by Gasteiger charge is 2.49. The van der Waals surface area contributed by atoms with E-state index >= 15 is 4.39 Å². The van der Waals surface area contributed by atoms with Gasteiger partial charge < -0.3 is 20.3 Å². The van der Waals surface area contributed by atoms with Gasteiger partial charge in [-0.25, -0.2) is 18.2 Å². The average molecular weight is 706 g/mol. The van der Waals surface area contributed by atoms with Crippen LogP contribution in [0.2, 0.25) is 0 Å². The molecule has 9 nitrogen and oxygen atoms in total. The third-order valence-electron chi connectivity index (χ3n) is 9.86. The van der Waals surface area contributed by atoms with Crippen LogP contribution in [-0.2, 0) is 11.0 Å². The summed E-state index contributed by atoms with van der Waals surface area (Å²) < 4.78 is 96.8. The van der Waals surface area contributed by atoms with Crippen molar-refractivity contribution in [2.24, 2.45) is 0 Å². The maximum atomic E-state index is 16.9.